The van der Waals surface area contributed by atoms with E-state index in [9.17, 15) is 0 Å². The number of hydrogen-bond acceptors (Lipinski definition) is 2. The fourth-order valence-electron chi connectivity index (χ4n) is 2.84. The summed E-state index contributed by atoms with van der Waals surface area (Å²) in [5.74, 6) is 0.938. The molecule has 0 spiro atoms. The van der Waals surface area contributed by atoms with Crippen LogP contribution in [0.15, 0.2) is 11.6 Å². The lowest BCUT2D eigenvalue weighted by Crippen LogP contribution is -2.40. The van der Waals surface area contributed by atoms with Crippen LogP contribution in [0.2, 0.25) is 0 Å². The van der Waals surface area contributed by atoms with Gasteiger partial charge in [-0.1, -0.05) is 25.0 Å². The monoisotopic (exact) mass is 208 g/mol. The molecule has 0 aromatic carbocycles. The zero-order valence-corrected chi connectivity index (χ0v) is 9.84. The summed E-state index contributed by atoms with van der Waals surface area (Å²) in [6, 6.07) is 1.08. The van der Waals surface area contributed by atoms with Crippen LogP contribution in [0, 0.1) is 5.92 Å². The molecule has 3 unspecified atom stereocenters. The summed E-state index contributed by atoms with van der Waals surface area (Å²) < 4.78 is 0. The van der Waals surface area contributed by atoms with Crippen molar-refractivity contribution in [3.63, 3.8) is 0 Å². The summed E-state index contributed by atoms with van der Waals surface area (Å²) in [4.78, 5) is 0. The van der Waals surface area contributed by atoms with Crippen molar-refractivity contribution in [1.29, 1.82) is 0 Å². The summed E-state index contributed by atoms with van der Waals surface area (Å²) in [5, 5.41) is 3.66. The molecule has 1 fully saturated rings. The van der Waals surface area contributed by atoms with Crippen LogP contribution >= 0.6 is 0 Å². The molecule has 1 saturated heterocycles. The molecule has 0 amide bonds. The summed E-state index contributed by atoms with van der Waals surface area (Å²) >= 11 is 0. The van der Waals surface area contributed by atoms with Crippen LogP contribution in [0.25, 0.3) is 0 Å². The maximum absolute atomic E-state index is 5.91. The number of hydrogen-bond donors (Lipinski definition) is 2. The van der Waals surface area contributed by atoms with Crippen LogP contribution in [-0.4, -0.2) is 18.6 Å². The Hall–Kier alpha value is -0.340. The fraction of sp³-hybridized carbons (Fsp3) is 0.846. The Morgan fingerprint density at radius 3 is 3.00 bits per heavy atom. The van der Waals surface area contributed by atoms with E-state index in [-0.39, 0.29) is 0 Å². The first-order valence-corrected chi connectivity index (χ1v) is 6.47. The largest absolute Gasteiger partial charge is 0.327 e. The second-order valence-corrected chi connectivity index (χ2v) is 5.12. The Morgan fingerprint density at radius 2 is 2.33 bits per heavy atom. The molecule has 3 N–H and O–H groups in total. The van der Waals surface area contributed by atoms with Gasteiger partial charge in [0.2, 0.25) is 0 Å². The van der Waals surface area contributed by atoms with E-state index < -0.39 is 0 Å². The summed E-state index contributed by atoms with van der Waals surface area (Å²) in [7, 11) is 0. The van der Waals surface area contributed by atoms with Gasteiger partial charge in [0.05, 0.1) is 0 Å². The van der Waals surface area contributed by atoms with Gasteiger partial charge in [-0.15, -0.1) is 0 Å². The molecular formula is C13H24N2. The van der Waals surface area contributed by atoms with Crippen LogP contribution in [0.4, 0.5) is 0 Å². The molecule has 86 valence electrons. The summed E-state index contributed by atoms with van der Waals surface area (Å²) in [5.41, 5.74) is 7.55. The molecule has 15 heavy (non-hydrogen) atoms. The first kappa shape index (κ1) is 11.2. The van der Waals surface area contributed by atoms with Crippen molar-refractivity contribution in [2.45, 2.75) is 57.5 Å². The van der Waals surface area contributed by atoms with Gasteiger partial charge in [0.15, 0.2) is 0 Å². The van der Waals surface area contributed by atoms with Gasteiger partial charge in [-0.3, -0.25) is 0 Å². The predicted octanol–water partition coefficient (Wildman–Crippen LogP) is 2.20. The molecule has 0 saturated carbocycles. The van der Waals surface area contributed by atoms with E-state index in [1.165, 1.54) is 38.6 Å². The molecule has 0 radical (unpaired) electrons. The number of rotatable bonds is 2. The van der Waals surface area contributed by atoms with Crippen molar-refractivity contribution in [2.24, 2.45) is 11.7 Å². The van der Waals surface area contributed by atoms with Crippen molar-refractivity contribution in [2.75, 3.05) is 6.54 Å². The maximum Gasteiger partial charge on any atom is 0.0282 e. The third kappa shape index (κ3) is 2.82. The van der Waals surface area contributed by atoms with Crippen molar-refractivity contribution in [1.82, 2.24) is 5.32 Å². The van der Waals surface area contributed by atoms with E-state index in [2.05, 4.69) is 18.3 Å². The number of nitrogens with two attached hydrogens (primary N) is 1. The summed E-state index contributed by atoms with van der Waals surface area (Å²) in [6.45, 7) is 3.52. The van der Waals surface area contributed by atoms with Crippen molar-refractivity contribution < 1.29 is 0 Å². The van der Waals surface area contributed by atoms with E-state index in [0.717, 1.165) is 12.3 Å². The van der Waals surface area contributed by atoms with Crippen LogP contribution in [0.1, 0.15) is 45.4 Å². The van der Waals surface area contributed by atoms with Gasteiger partial charge in [0, 0.05) is 12.1 Å². The Kier molecular flexibility index (Phi) is 3.81. The molecule has 2 rings (SSSR count). The van der Waals surface area contributed by atoms with Gasteiger partial charge in [0.1, 0.15) is 0 Å². The maximum atomic E-state index is 5.91. The molecule has 0 bridgehead atoms. The third-order valence-corrected chi connectivity index (χ3v) is 4.02. The fourth-order valence-corrected chi connectivity index (χ4v) is 2.84. The number of piperidine rings is 1. The predicted molar refractivity (Wildman–Crippen MR) is 64.7 cm³/mol. The Balaban J connectivity index is 1.92. The van der Waals surface area contributed by atoms with Gasteiger partial charge in [-0.2, -0.15) is 0 Å². The first-order chi connectivity index (χ1) is 7.29. The minimum atomic E-state index is 0.416. The van der Waals surface area contributed by atoms with E-state index in [4.69, 9.17) is 5.73 Å². The average Bonchev–Trinajstić information content (AvgIpc) is 2.30. The standard InChI is InChI=1S/C13H24N2/c1-2-10-7-8-15-13(9-10)11-3-5-12(14)6-4-11/h3,10,12-13,15H,2,4-9,14H2,1H3. The first-order valence-electron chi connectivity index (χ1n) is 6.47. The highest BCUT2D eigenvalue weighted by molar-refractivity contribution is 5.15. The summed E-state index contributed by atoms with van der Waals surface area (Å²) in [6.07, 6.45) is 9.92. The van der Waals surface area contributed by atoms with E-state index >= 15 is 0 Å². The second-order valence-electron chi connectivity index (χ2n) is 5.12. The van der Waals surface area contributed by atoms with E-state index in [1.807, 2.05) is 0 Å². The van der Waals surface area contributed by atoms with Gasteiger partial charge in [-0.25, -0.2) is 0 Å². The molecule has 1 heterocycles. The topological polar surface area (TPSA) is 38.0 Å². The second kappa shape index (κ2) is 5.13. The highest BCUT2D eigenvalue weighted by Gasteiger charge is 2.24. The van der Waals surface area contributed by atoms with Gasteiger partial charge in [0.25, 0.3) is 0 Å². The molecule has 2 heteroatoms. The molecule has 2 aliphatic rings. The minimum absolute atomic E-state index is 0.416. The van der Waals surface area contributed by atoms with Crippen LogP contribution < -0.4 is 11.1 Å². The smallest absolute Gasteiger partial charge is 0.0282 e. The molecular weight excluding hydrogens is 184 g/mol. The molecule has 0 aromatic heterocycles. The molecule has 2 nitrogen and oxygen atoms in total. The SMILES string of the molecule is CCC1CCNC(C2=CCC(N)CC2)C1. The van der Waals surface area contributed by atoms with Crippen molar-refractivity contribution in [3.05, 3.63) is 11.6 Å². The molecule has 1 aliphatic carbocycles. The molecule has 1 aliphatic heterocycles. The van der Waals surface area contributed by atoms with E-state index in [1.54, 1.807) is 5.57 Å². The highest BCUT2D eigenvalue weighted by atomic mass is 14.9. The van der Waals surface area contributed by atoms with Crippen LogP contribution in [0.3, 0.4) is 0 Å². The van der Waals surface area contributed by atoms with Crippen LogP contribution in [-0.2, 0) is 0 Å². The molecule has 0 aromatic rings. The lowest BCUT2D eigenvalue weighted by molar-refractivity contribution is 0.311. The quantitative estimate of drug-likeness (QED) is 0.683. The van der Waals surface area contributed by atoms with Gasteiger partial charge in [-0.05, 0) is 44.6 Å². The van der Waals surface area contributed by atoms with Crippen molar-refractivity contribution in [3.8, 4) is 0 Å². The van der Waals surface area contributed by atoms with Gasteiger partial charge < -0.3 is 11.1 Å². The zero-order valence-electron chi connectivity index (χ0n) is 9.84. The Labute approximate surface area is 93.3 Å². The van der Waals surface area contributed by atoms with E-state index in [0.29, 0.717) is 12.1 Å². The zero-order chi connectivity index (χ0) is 10.7. The lowest BCUT2D eigenvalue weighted by atomic mass is 9.83. The Morgan fingerprint density at radius 1 is 1.47 bits per heavy atom. The molecule has 3 atom stereocenters. The van der Waals surface area contributed by atoms with Crippen LogP contribution in [0.5, 0.6) is 0 Å². The highest BCUT2D eigenvalue weighted by Crippen LogP contribution is 2.28. The Bertz CT molecular complexity index is 235. The lowest BCUT2D eigenvalue weighted by Gasteiger charge is -2.33. The third-order valence-electron chi connectivity index (χ3n) is 4.02. The minimum Gasteiger partial charge on any atom is -0.327 e. The number of nitrogens with one attached hydrogen (secondary N) is 1. The van der Waals surface area contributed by atoms with Gasteiger partial charge >= 0.3 is 0 Å². The average molecular weight is 208 g/mol. The van der Waals surface area contributed by atoms with Crippen molar-refractivity contribution >= 4 is 0 Å². The normalized spacial score (nSPS) is 37.5.